The molecule has 3 N–H and O–H groups in total. The Morgan fingerprint density at radius 3 is 2.62 bits per heavy atom. The first-order chi connectivity index (χ1) is 10.1. The lowest BCUT2D eigenvalue weighted by Crippen LogP contribution is -2.39. The smallest absolute Gasteiger partial charge is 0.221 e. The fourth-order valence-electron chi connectivity index (χ4n) is 3.29. The Morgan fingerprint density at radius 2 is 2.00 bits per heavy atom. The van der Waals surface area contributed by atoms with E-state index in [2.05, 4.69) is 5.32 Å². The summed E-state index contributed by atoms with van der Waals surface area (Å²) >= 11 is 6.18. The van der Waals surface area contributed by atoms with Crippen LogP contribution in [-0.2, 0) is 4.79 Å². The molecule has 4 heteroatoms. The molecule has 0 spiro atoms. The van der Waals surface area contributed by atoms with Crippen LogP contribution < -0.4 is 11.1 Å². The van der Waals surface area contributed by atoms with E-state index < -0.39 is 0 Å². The number of halogens is 1. The van der Waals surface area contributed by atoms with Crippen molar-refractivity contribution in [2.45, 2.75) is 51.5 Å². The Labute approximate surface area is 132 Å². The second kappa shape index (κ2) is 7.28. The summed E-state index contributed by atoms with van der Waals surface area (Å²) in [4.78, 5) is 12.4. The summed E-state index contributed by atoms with van der Waals surface area (Å²) in [7, 11) is 0. The number of hydrogen-bond acceptors (Lipinski definition) is 2. The Kier molecular flexibility index (Phi) is 5.65. The van der Waals surface area contributed by atoms with Crippen molar-refractivity contribution in [3.8, 4) is 0 Å². The highest BCUT2D eigenvalue weighted by molar-refractivity contribution is 6.31. The highest BCUT2D eigenvalue weighted by Crippen LogP contribution is 2.38. The van der Waals surface area contributed by atoms with Crippen molar-refractivity contribution in [1.29, 1.82) is 0 Å². The lowest BCUT2D eigenvalue weighted by Gasteiger charge is -2.36. The molecule has 1 aromatic rings. The van der Waals surface area contributed by atoms with Crippen LogP contribution in [-0.4, -0.2) is 12.5 Å². The van der Waals surface area contributed by atoms with Crippen molar-refractivity contribution in [3.63, 3.8) is 0 Å². The predicted octanol–water partition coefficient (Wildman–Crippen LogP) is 3.82. The highest BCUT2D eigenvalue weighted by atomic mass is 35.5. The predicted molar refractivity (Wildman–Crippen MR) is 87.2 cm³/mol. The van der Waals surface area contributed by atoms with E-state index in [0.717, 1.165) is 18.4 Å². The van der Waals surface area contributed by atoms with Crippen LogP contribution in [0.5, 0.6) is 0 Å². The molecule has 0 aromatic heterocycles. The van der Waals surface area contributed by atoms with Gasteiger partial charge in [0.1, 0.15) is 0 Å². The maximum atomic E-state index is 12.4. The monoisotopic (exact) mass is 308 g/mol. The van der Waals surface area contributed by atoms with Crippen LogP contribution in [0.1, 0.15) is 57.1 Å². The summed E-state index contributed by atoms with van der Waals surface area (Å²) in [5.41, 5.74) is 6.91. The quantitative estimate of drug-likeness (QED) is 0.869. The van der Waals surface area contributed by atoms with Gasteiger partial charge in [0.25, 0.3) is 0 Å². The number of carbonyl (C=O) groups excluding carboxylic acids is 1. The molecule has 0 unspecified atom stereocenters. The Bertz CT molecular complexity index is 483. The van der Waals surface area contributed by atoms with Gasteiger partial charge in [-0.15, -0.1) is 0 Å². The standard InChI is InChI=1S/C17H25ClN2O/c1-13(14-7-3-4-8-15(14)18)20-16(21)11-17(12-19)9-5-2-6-10-17/h3-4,7-8,13H,2,5-6,9-12,19H2,1H3,(H,20,21)/t13-/m1/s1. The molecular weight excluding hydrogens is 284 g/mol. The van der Waals surface area contributed by atoms with Crippen molar-refractivity contribution in [2.24, 2.45) is 11.1 Å². The molecule has 1 saturated carbocycles. The number of hydrogen-bond donors (Lipinski definition) is 2. The molecule has 1 amide bonds. The van der Waals surface area contributed by atoms with E-state index in [0.29, 0.717) is 18.0 Å². The van der Waals surface area contributed by atoms with E-state index in [1.165, 1.54) is 19.3 Å². The topological polar surface area (TPSA) is 55.1 Å². The molecule has 1 atom stereocenters. The summed E-state index contributed by atoms with van der Waals surface area (Å²) < 4.78 is 0. The fraction of sp³-hybridized carbons (Fsp3) is 0.588. The zero-order valence-corrected chi connectivity index (χ0v) is 13.5. The molecule has 116 valence electrons. The fourth-order valence-corrected chi connectivity index (χ4v) is 3.59. The highest BCUT2D eigenvalue weighted by Gasteiger charge is 2.33. The summed E-state index contributed by atoms with van der Waals surface area (Å²) in [6, 6.07) is 7.55. The first-order valence-electron chi connectivity index (χ1n) is 7.80. The maximum absolute atomic E-state index is 12.4. The van der Waals surface area contributed by atoms with Gasteiger partial charge in [-0.05, 0) is 43.4 Å². The van der Waals surface area contributed by atoms with Gasteiger partial charge in [-0.25, -0.2) is 0 Å². The first-order valence-corrected chi connectivity index (χ1v) is 8.18. The number of carbonyl (C=O) groups is 1. The van der Waals surface area contributed by atoms with Crippen molar-refractivity contribution in [2.75, 3.05) is 6.54 Å². The van der Waals surface area contributed by atoms with Crippen LogP contribution in [0, 0.1) is 5.41 Å². The number of nitrogens with two attached hydrogens (primary N) is 1. The largest absolute Gasteiger partial charge is 0.350 e. The van der Waals surface area contributed by atoms with Gasteiger partial charge in [0.05, 0.1) is 6.04 Å². The average Bonchev–Trinajstić information content (AvgIpc) is 2.48. The molecule has 21 heavy (non-hydrogen) atoms. The van der Waals surface area contributed by atoms with Crippen LogP contribution in [0.2, 0.25) is 5.02 Å². The lowest BCUT2D eigenvalue weighted by molar-refractivity contribution is -0.124. The molecule has 1 fully saturated rings. The molecule has 0 heterocycles. The first kappa shape index (κ1) is 16.3. The van der Waals surface area contributed by atoms with Gasteiger partial charge in [0.15, 0.2) is 0 Å². The molecular formula is C17H25ClN2O. The summed E-state index contributed by atoms with van der Waals surface area (Å²) in [6.07, 6.45) is 6.29. The summed E-state index contributed by atoms with van der Waals surface area (Å²) in [6.45, 7) is 2.57. The number of amides is 1. The normalized spacial score (nSPS) is 19.0. The van der Waals surface area contributed by atoms with Gasteiger partial charge in [-0.3, -0.25) is 4.79 Å². The molecule has 3 nitrogen and oxygen atoms in total. The van der Waals surface area contributed by atoms with Gasteiger partial charge in [0, 0.05) is 11.4 Å². The number of rotatable bonds is 5. The van der Waals surface area contributed by atoms with Gasteiger partial charge in [-0.2, -0.15) is 0 Å². The average molecular weight is 309 g/mol. The zero-order chi connectivity index (χ0) is 15.3. The third kappa shape index (κ3) is 4.21. The van der Waals surface area contributed by atoms with Gasteiger partial charge < -0.3 is 11.1 Å². The van der Waals surface area contributed by atoms with Crippen LogP contribution in [0.3, 0.4) is 0 Å². The lowest BCUT2D eigenvalue weighted by atomic mass is 9.71. The molecule has 0 aliphatic heterocycles. The second-order valence-corrected chi connectivity index (χ2v) is 6.66. The van der Waals surface area contributed by atoms with Gasteiger partial charge in [0.2, 0.25) is 5.91 Å². The van der Waals surface area contributed by atoms with E-state index in [4.69, 9.17) is 17.3 Å². The van der Waals surface area contributed by atoms with Crippen molar-refractivity contribution in [3.05, 3.63) is 34.9 Å². The van der Waals surface area contributed by atoms with Gasteiger partial charge >= 0.3 is 0 Å². The summed E-state index contributed by atoms with van der Waals surface area (Å²) in [5, 5.41) is 3.76. The van der Waals surface area contributed by atoms with Crippen molar-refractivity contribution < 1.29 is 4.79 Å². The Morgan fingerprint density at radius 1 is 1.33 bits per heavy atom. The Hall–Kier alpha value is -1.06. The van der Waals surface area contributed by atoms with E-state index in [1.54, 1.807) is 0 Å². The molecule has 0 bridgehead atoms. The van der Waals surface area contributed by atoms with E-state index in [1.807, 2.05) is 31.2 Å². The molecule has 0 saturated heterocycles. The molecule has 0 radical (unpaired) electrons. The SMILES string of the molecule is C[C@@H](NC(=O)CC1(CN)CCCCC1)c1ccccc1Cl. The molecule has 1 aromatic carbocycles. The van der Waals surface area contributed by atoms with Crippen LogP contribution in [0.4, 0.5) is 0 Å². The van der Waals surface area contributed by atoms with Gasteiger partial charge in [-0.1, -0.05) is 49.1 Å². The molecule has 2 rings (SSSR count). The van der Waals surface area contributed by atoms with Crippen LogP contribution >= 0.6 is 11.6 Å². The Balaban J connectivity index is 1.96. The van der Waals surface area contributed by atoms with E-state index in [-0.39, 0.29) is 17.4 Å². The minimum atomic E-state index is -0.0791. The number of benzene rings is 1. The molecule has 1 aliphatic rings. The third-order valence-corrected chi connectivity index (χ3v) is 4.98. The van der Waals surface area contributed by atoms with E-state index in [9.17, 15) is 4.79 Å². The van der Waals surface area contributed by atoms with Crippen molar-refractivity contribution >= 4 is 17.5 Å². The summed E-state index contributed by atoms with van der Waals surface area (Å²) in [5.74, 6) is 0.0785. The van der Waals surface area contributed by atoms with Crippen LogP contribution in [0.15, 0.2) is 24.3 Å². The van der Waals surface area contributed by atoms with E-state index >= 15 is 0 Å². The number of nitrogens with one attached hydrogen (secondary N) is 1. The van der Waals surface area contributed by atoms with Crippen molar-refractivity contribution in [1.82, 2.24) is 5.32 Å². The molecule has 1 aliphatic carbocycles. The third-order valence-electron chi connectivity index (χ3n) is 4.63. The minimum absolute atomic E-state index is 0.00252. The zero-order valence-electron chi connectivity index (χ0n) is 12.7. The van der Waals surface area contributed by atoms with Crippen LogP contribution in [0.25, 0.3) is 0 Å². The second-order valence-electron chi connectivity index (χ2n) is 6.25. The maximum Gasteiger partial charge on any atom is 0.221 e. The minimum Gasteiger partial charge on any atom is -0.350 e.